The molecule has 0 heterocycles. The van der Waals surface area contributed by atoms with Gasteiger partial charge in [-0.3, -0.25) is 4.79 Å². The van der Waals surface area contributed by atoms with Crippen molar-refractivity contribution in [2.24, 2.45) is 5.41 Å². The highest BCUT2D eigenvalue weighted by Crippen LogP contribution is 2.36. The van der Waals surface area contributed by atoms with Crippen molar-refractivity contribution >= 4 is 23.5 Å². The number of ketones is 1. The summed E-state index contributed by atoms with van der Waals surface area (Å²) in [5.74, 6) is 0.629. The third kappa shape index (κ3) is 3.99. The molecule has 0 amide bonds. The maximum absolute atomic E-state index is 12.2. The molecular weight excluding hydrogens is 290 g/mol. The average molecular weight is 308 g/mol. The number of ether oxygens (including phenoxy) is 2. The quantitative estimate of drug-likeness (QED) is 0.625. The lowest BCUT2D eigenvalue weighted by atomic mass is 9.86. The van der Waals surface area contributed by atoms with Crippen LogP contribution in [0.15, 0.2) is 17.7 Å². The molecule has 0 aliphatic carbocycles. The second kappa shape index (κ2) is 6.64. The van der Waals surface area contributed by atoms with Gasteiger partial charge in [0.25, 0.3) is 0 Å². The Bertz CT molecular complexity index is 622. The van der Waals surface area contributed by atoms with Gasteiger partial charge in [0.2, 0.25) is 0 Å². The van der Waals surface area contributed by atoms with Crippen molar-refractivity contribution in [2.75, 3.05) is 14.2 Å². The van der Waals surface area contributed by atoms with Gasteiger partial charge in [-0.15, -0.1) is 0 Å². The molecule has 1 rings (SSSR count). The smallest absolute Gasteiger partial charge is 0.179 e. The van der Waals surface area contributed by atoms with E-state index in [2.05, 4.69) is 0 Å². The van der Waals surface area contributed by atoms with E-state index in [-0.39, 0.29) is 11.4 Å². The molecule has 112 valence electrons. The van der Waals surface area contributed by atoms with Crippen molar-refractivity contribution in [2.45, 2.75) is 20.8 Å². The molecule has 0 aliphatic rings. The number of benzene rings is 1. The molecule has 0 bridgehead atoms. The monoisotopic (exact) mass is 307 g/mol. The molecule has 0 fully saturated rings. The molecule has 0 saturated carbocycles. The van der Waals surface area contributed by atoms with Crippen LogP contribution in [0, 0.1) is 16.7 Å². The molecule has 1 aromatic carbocycles. The molecular formula is C16H18ClNO3. The Hall–Kier alpha value is -1.99. The highest BCUT2D eigenvalue weighted by molar-refractivity contribution is 6.32. The van der Waals surface area contributed by atoms with Crippen LogP contribution in [0.2, 0.25) is 5.02 Å². The topological polar surface area (TPSA) is 59.3 Å². The van der Waals surface area contributed by atoms with Gasteiger partial charge in [0, 0.05) is 5.41 Å². The summed E-state index contributed by atoms with van der Waals surface area (Å²) in [6.07, 6.45) is 1.50. The number of hydrogen-bond donors (Lipinski definition) is 0. The fraction of sp³-hybridized carbons (Fsp3) is 0.375. The minimum atomic E-state index is -0.623. The van der Waals surface area contributed by atoms with Crippen LogP contribution in [0.1, 0.15) is 26.3 Å². The lowest BCUT2D eigenvalue weighted by Gasteiger charge is -2.15. The van der Waals surface area contributed by atoms with Crippen LogP contribution in [0.5, 0.6) is 11.5 Å². The van der Waals surface area contributed by atoms with Crippen LogP contribution in [-0.2, 0) is 4.79 Å². The first-order valence-electron chi connectivity index (χ1n) is 6.32. The summed E-state index contributed by atoms with van der Waals surface area (Å²) in [6.45, 7) is 5.30. The second-order valence-electron chi connectivity index (χ2n) is 5.49. The van der Waals surface area contributed by atoms with Crippen LogP contribution < -0.4 is 9.47 Å². The zero-order valence-electron chi connectivity index (χ0n) is 12.8. The van der Waals surface area contributed by atoms with E-state index in [1.54, 1.807) is 32.9 Å². The van der Waals surface area contributed by atoms with Crippen molar-refractivity contribution in [1.82, 2.24) is 0 Å². The Kier molecular flexibility index (Phi) is 5.40. The van der Waals surface area contributed by atoms with Crippen molar-refractivity contribution in [3.05, 3.63) is 28.3 Å². The summed E-state index contributed by atoms with van der Waals surface area (Å²) >= 11 is 6.11. The zero-order valence-corrected chi connectivity index (χ0v) is 13.5. The van der Waals surface area contributed by atoms with E-state index in [0.29, 0.717) is 22.1 Å². The third-order valence-corrected chi connectivity index (χ3v) is 3.09. The molecule has 0 radical (unpaired) electrons. The van der Waals surface area contributed by atoms with Crippen LogP contribution in [0.25, 0.3) is 6.08 Å². The van der Waals surface area contributed by atoms with E-state index in [9.17, 15) is 10.1 Å². The Morgan fingerprint density at radius 3 is 2.33 bits per heavy atom. The number of methoxy groups -OCH3 is 2. The fourth-order valence-electron chi connectivity index (χ4n) is 1.74. The van der Waals surface area contributed by atoms with E-state index in [0.717, 1.165) is 0 Å². The van der Waals surface area contributed by atoms with Gasteiger partial charge in [-0.25, -0.2) is 0 Å². The summed E-state index contributed by atoms with van der Waals surface area (Å²) in [5, 5.41) is 9.54. The van der Waals surface area contributed by atoms with Crippen LogP contribution in [-0.4, -0.2) is 20.0 Å². The van der Waals surface area contributed by atoms with E-state index in [1.165, 1.54) is 20.3 Å². The van der Waals surface area contributed by atoms with Gasteiger partial charge >= 0.3 is 0 Å². The van der Waals surface area contributed by atoms with Gasteiger partial charge < -0.3 is 9.47 Å². The molecule has 0 aliphatic heterocycles. The van der Waals surface area contributed by atoms with Crippen molar-refractivity contribution in [3.8, 4) is 17.6 Å². The molecule has 0 unspecified atom stereocenters. The summed E-state index contributed by atoms with van der Waals surface area (Å²) in [5.41, 5.74) is 0.0552. The third-order valence-electron chi connectivity index (χ3n) is 2.81. The first-order chi connectivity index (χ1) is 9.74. The number of nitriles is 1. The molecule has 0 aromatic heterocycles. The molecule has 1 aromatic rings. The molecule has 0 saturated heterocycles. The van der Waals surface area contributed by atoms with Gasteiger partial charge in [-0.2, -0.15) is 5.26 Å². The summed E-state index contributed by atoms with van der Waals surface area (Å²) in [4.78, 5) is 12.2. The van der Waals surface area contributed by atoms with Crippen LogP contribution in [0.3, 0.4) is 0 Å². The predicted octanol–water partition coefficient (Wildman–Crippen LogP) is 3.88. The minimum Gasteiger partial charge on any atom is -0.493 e. The SMILES string of the molecule is COc1cc(C=C(C#N)C(=O)C(C)(C)C)cc(Cl)c1OC. The van der Waals surface area contributed by atoms with E-state index < -0.39 is 5.41 Å². The van der Waals surface area contributed by atoms with Gasteiger partial charge in [-0.05, 0) is 23.8 Å². The summed E-state index contributed by atoms with van der Waals surface area (Å²) in [7, 11) is 2.98. The van der Waals surface area contributed by atoms with Crippen LogP contribution >= 0.6 is 11.6 Å². The first kappa shape index (κ1) is 17.1. The van der Waals surface area contributed by atoms with Crippen molar-refractivity contribution in [1.29, 1.82) is 5.26 Å². The first-order valence-corrected chi connectivity index (χ1v) is 6.70. The molecule has 4 nitrogen and oxygen atoms in total. The number of rotatable bonds is 4. The number of hydrogen-bond acceptors (Lipinski definition) is 4. The van der Waals surface area contributed by atoms with Crippen molar-refractivity contribution < 1.29 is 14.3 Å². The normalized spacial score (nSPS) is 11.8. The summed E-state index contributed by atoms with van der Waals surface area (Å²) < 4.78 is 10.3. The minimum absolute atomic E-state index is 0.0748. The number of halogens is 1. The molecule has 0 N–H and O–H groups in total. The second-order valence-corrected chi connectivity index (χ2v) is 5.89. The largest absolute Gasteiger partial charge is 0.493 e. The zero-order chi connectivity index (χ0) is 16.2. The standard InChI is InChI=1S/C16H18ClNO3/c1-16(2,3)15(19)11(9-18)6-10-7-12(17)14(21-5)13(8-10)20-4/h6-8H,1-5H3. The number of carbonyl (C=O) groups excluding carboxylic acids is 1. The maximum atomic E-state index is 12.2. The lowest BCUT2D eigenvalue weighted by Crippen LogP contribution is -2.21. The number of nitrogens with zero attached hydrogens (tertiary/aromatic N) is 1. The number of Topliss-reactive ketones (excluding diaryl/α,β-unsaturated/α-hetero) is 1. The maximum Gasteiger partial charge on any atom is 0.179 e. The Labute approximate surface area is 129 Å². The molecule has 21 heavy (non-hydrogen) atoms. The van der Waals surface area contributed by atoms with E-state index in [1.807, 2.05) is 6.07 Å². The Morgan fingerprint density at radius 1 is 1.29 bits per heavy atom. The molecule has 5 heteroatoms. The molecule has 0 atom stereocenters. The molecule has 0 spiro atoms. The Morgan fingerprint density at radius 2 is 1.90 bits per heavy atom. The lowest BCUT2D eigenvalue weighted by molar-refractivity contribution is -0.121. The number of allylic oxidation sites excluding steroid dienone is 1. The van der Waals surface area contributed by atoms with E-state index in [4.69, 9.17) is 21.1 Å². The van der Waals surface area contributed by atoms with Gasteiger partial charge in [0.15, 0.2) is 17.3 Å². The highest BCUT2D eigenvalue weighted by atomic mass is 35.5. The van der Waals surface area contributed by atoms with Crippen molar-refractivity contribution in [3.63, 3.8) is 0 Å². The predicted molar refractivity (Wildman–Crippen MR) is 82.6 cm³/mol. The average Bonchev–Trinajstić information content (AvgIpc) is 2.42. The van der Waals surface area contributed by atoms with Gasteiger partial charge in [0.05, 0.1) is 24.8 Å². The van der Waals surface area contributed by atoms with Crippen LogP contribution in [0.4, 0.5) is 0 Å². The highest BCUT2D eigenvalue weighted by Gasteiger charge is 2.25. The Balaban J connectivity index is 3.35. The van der Waals surface area contributed by atoms with E-state index >= 15 is 0 Å². The summed E-state index contributed by atoms with van der Waals surface area (Å²) in [6, 6.07) is 5.22. The number of carbonyl (C=O) groups is 1. The van der Waals surface area contributed by atoms with Gasteiger partial charge in [-0.1, -0.05) is 32.4 Å². The fourth-order valence-corrected chi connectivity index (χ4v) is 2.04. The van der Waals surface area contributed by atoms with Gasteiger partial charge in [0.1, 0.15) is 6.07 Å².